The molecule has 0 aliphatic heterocycles. The monoisotopic (exact) mass is 286 g/mol. The number of nitrogens with one attached hydrogen (secondary N) is 1. The second kappa shape index (κ2) is 5.13. The summed E-state index contributed by atoms with van der Waals surface area (Å²) in [6.07, 6.45) is 4.22. The highest BCUT2D eigenvalue weighted by atomic mass is 16.1. The molecule has 1 N–H and O–H groups in total. The lowest BCUT2D eigenvalue weighted by Gasteiger charge is -2.14. The minimum Gasteiger partial charge on any atom is -0.349 e. The SMILES string of the molecule is Cc1nc2c(cnn2C(C)C)cc1C(=O)N[C@@H](C)C1CC1. The smallest absolute Gasteiger partial charge is 0.253 e. The average Bonchev–Trinajstić information content (AvgIpc) is 3.18. The van der Waals surface area contributed by atoms with E-state index in [1.807, 2.05) is 17.7 Å². The van der Waals surface area contributed by atoms with Crippen molar-refractivity contribution in [2.45, 2.75) is 52.6 Å². The van der Waals surface area contributed by atoms with Crippen LogP contribution in [0.25, 0.3) is 11.0 Å². The molecule has 1 fully saturated rings. The molecule has 0 spiro atoms. The second-order valence-corrected chi connectivity index (χ2v) is 6.32. The highest BCUT2D eigenvalue weighted by molar-refractivity contribution is 5.98. The zero-order valence-electron chi connectivity index (χ0n) is 13.1. The lowest BCUT2D eigenvalue weighted by molar-refractivity contribution is 0.0935. The first kappa shape index (κ1) is 14.0. The first-order chi connectivity index (χ1) is 9.97. The maximum Gasteiger partial charge on any atom is 0.253 e. The molecule has 1 amide bonds. The third-order valence-electron chi connectivity index (χ3n) is 4.18. The Morgan fingerprint density at radius 2 is 2.10 bits per heavy atom. The molecule has 5 nitrogen and oxygen atoms in total. The van der Waals surface area contributed by atoms with Crippen LogP contribution >= 0.6 is 0 Å². The molecule has 112 valence electrons. The van der Waals surface area contributed by atoms with Gasteiger partial charge in [0.15, 0.2) is 5.65 Å². The van der Waals surface area contributed by atoms with Crippen molar-refractivity contribution in [1.29, 1.82) is 0 Å². The van der Waals surface area contributed by atoms with Crippen molar-refractivity contribution in [2.24, 2.45) is 5.92 Å². The van der Waals surface area contributed by atoms with Gasteiger partial charge in [0.05, 0.1) is 17.5 Å². The number of amides is 1. The summed E-state index contributed by atoms with van der Waals surface area (Å²) in [5.74, 6) is 0.619. The van der Waals surface area contributed by atoms with Crippen LogP contribution in [0.5, 0.6) is 0 Å². The van der Waals surface area contributed by atoms with E-state index in [2.05, 4.69) is 36.2 Å². The van der Waals surface area contributed by atoms with Gasteiger partial charge in [0, 0.05) is 17.5 Å². The molecule has 1 aliphatic carbocycles. The average molecular weight is 286 g/mol. The minimum absolute atomic E-state index is 0.0291. The van der Waals surface area contributed by atoms with Crippen LogP contribution in [-0.4, -0.2) is 26.7 Å². The Morgan fingerprint density at radius 1 is 1.38 bits per heavy atom. The van der Waals surface area contributed by atoms with Gasteiger partial charge in [-0.05, 0) is 52.5 Å². The van der Waals surface area contributed by atoms with E-state index in [0.29, 0.717) is 11.5 Å². The van der Waals surface area contributed by atoms with Crippen molar-refractivity contribution < 1.29 is 4.79 Å². The summed E-state index contributed by atoms with van der Waals surface area (Å²) < 4.78 is 1.89. The highest BCUT2D eigenvalue weighted by Gasteiger charge is 2.29. The lowest BCUT2D eigenvalue weighted by atomic mass is 10.1. The van der Waals surface area contributed by atoms with E-state index < -0.39 is 0 Å². The van der Waals surface area contributed by atoms with E-state index in [-0.39, 0.29) is 18.0 Å². The van der Waals surface area contributed by atoms with Crippen molar-refractivity contribution in [3.8, 4) is 0 Å². The predicted molar refractivity (Wildman–Crippen MR) is 82.3 cm³/mol. The zero-order valence-corrected chi connectivity index (χ0v) is 13.1. The molecule has 2 heterocycles. The molecular formula is C16H22N4O. The number of hydrogen-bond acceptors (Lipinski definition) is 3. The quantitative estimate of drug-likeness (QED) is 0.940. The summed E-state index contributed by atoms with van der Waals surface area (Å²) in [5.41, 5.74) is 2.25. The van der Waals surface area contributed by atoms with Crippen LogP contribution in [0.2, 0.25) is 0 Å². The van der Waals surface area contributed by atoms with Crippen LogP contribution in [0.4, 0.5) is 0 Å². The molecule has 5 heteroatoms. The molecule has 21 heavy (non-hydrogen) atoms. The Labute approximate surface area is 124 Å². The highest BCUT2D eigenvalue weighted by Crippen LogP contribution is 2.32. The largest absolute Gasteiger partial charge is 0.349 e. The van der Waals surface area contributed by atoms with Crippen LogP contribution < -0.4 is 5.32 Å². The Balaban J connectivity index is 1.91. The minimum atomic E-state index is -0.0291. The standard InChI is InChI=1S/C16H22N4O/c1-9(2)20-15-13(8-17-20)7-14(11(4)18-15)16(21)19-10(3)12-5-6-12/h7-10,12H,5-6H2,1-4H3,(H,19,21)/t10-/m0/s1. The summed E-state index contributed by atoms with van der Waals surface area (Å²) in [4.78, 5) is 17.0. The van der Waals surface area contributed by atoms with Crippen LogP contribution in [0.15, 0.2) is 12.3 Å². The number of fused-ring (bicyclic) bond motifs is 1. The van der Waals surface area contributed by atoms with Crippen LogP contribution in [0.3, 0.4) is 0 Å². The normalized spacial score (nSPS) is 16.4. The molecule has 0 aromatic carbocycles. The molecule has 2 aromatic rings. The number of pyridine rings is 1. The van der Waals surface area contributed by atoms with Crippen molar-refractivity contribution >= 4 is 16.9 Å². The topological polar surface area (TPSA) is 59.8 Å². The summed E-state index contributed by atoms with van der Waals surface area (Å²) in [6.45, 7) is 8.10. The van der Waals surface area contributed by atoms with Gasteiger partial charge in [0.1, 0.15) is 0 Å². The number of aromatic nitrogens is 3. The van der Waals surface area contributed by atoms with Crippen molar-refractivity contribution in [2.75, 3.05) is 0 Å². The fourth-order valence-electron chi connectivity index (χ4n) is 2.67. The lowest BCUT2D eigenvalue weighted by Crippen LogP contribution is -2.34. The molecule has 2 aromatic heterocycles. The van der Waals surface area contributed by atoms with Gasteiger partial charge >= 0.3 is 0 Å². The zero-order chi connectivity index (χ0) is 15.1. The molecule has 3 rings (SSSR count). The van der Waals surface area contributed by atoms with Crippen LogP contribution in [-0.2, 0) is 0 Å². The third kappa shape index (κ3) is 2.64. The van der Waals surface area contributed by atoms with Gasteiger partial charge in [0.2, 0.25) is 0 Å². The number of carbonyl (C=O) groups is 1. The van der Waals surface area contributed by atoms with Crippen molar-refractivity contribution in [1.82, 2.24) is 20.1 Å². The summed E-state index contributed by atoms with van der Waals surface area (Å²) in [7, 11) is 0. The summed E-state index contributed by atoms with van der Waals surface area (Å²) in [5, 5.41) is 8.36. The molecule has 1 atom stereocenters. The van der Waals surface area contributed by atoms with Gasteiger partial charge in [-0.3, -0.25) is 4.79 Å². The van der Waals surface area contributed by atoms with E-state index in [1.54, 1.807) is 6.20 Å². The molecule has 0 unspecified atom stereocenters. The molecular weight excluding hydrogens is 264 g/mol. The number of aryl methyl sites for hydroxylation is 1. The molecule has 0 saturated heterocycles. The Bertz CT molecular complexity index is 685. The Kier molecular flexibility index (Phi) is 3.43. The van der Waals surface area contributed by atoms with E-state index in [0.717, 1.165) is 16.7 Å². The summed E-state index contributed by atoms with van der Waals surface area (Å²) in [6, 6.07) is 2.40. The van der Waals surface area contributed by atoms with Crippen LogP contribution in [0, 0.1) is 12.8 Å². The fourth-order valence-corrected chi connectivity index (χ4v) is 2.67. The number of rotatable bonds is 4. The molecule has 1 saturated carbocycles. The Hall–Kier alpha value is -1.91. The molecule has 0 radical (unpaired) electrons. The van der Waals surface area contributed by atoms with Crippen molar-refractivity contribution in [3.63, 3.8) is 0 Å². The Morgan fingerprint density at radius 3 is 2.71 bits per heavy atom. The van der Waals surface area contributed by atoms with Crippen molar-refractivity contribution in [3.05, 3.63) is 23.5 Å². The fraction of sp³-hybridized carbons (Fsp3) is 0.562. The van der Waals surface area contributed by atoms with E-state index in [9.17, 15) is 4.79 Å². The second-order valence-electron chi connectivity index (χ2n) is 6.32. The van der Waals surface area contributed by atoms with E-state index in [1.165, 1.54) is 12.8 Å². The maximum atomic E-state index is 12.4. The first-order valence-electron chi connectivity index (χ1n) is 7.63. The van der Waals surface area contributed by atoms with Gasteiger partial charge in [0.25, 0.3) is 5.91 Å². The first-order valence-corrected chi connectivity index (χ1v) is 7.63. The molecule has 0 bridgehead atoms. The van der Waals surface area contributed by atoms with Crippen LogP contribution in [0.1, 0.15) is 55.7 Å². The van der Waals surface area contributed by atoms with Gasteiger partial charge in [-0.25, -0.2) is 9.67 Å². The third-order valence-corrected chi connectivity index (χ3v) is 4.18. The number of hydrogen-bond donors (Lipinski definition) is 1. The number of carbonyl (C=O) groups excluding carboxylic acids is 1. The van der Waals surface area contributed by atoms with Gasteiger partial charge < -0.3 is 5.32 Å². The van der Waals surface area contributed by atoms with Gasteiger partial charge in [-0.15, -0.1) is 0 Å². The molecule has 1 aliphatic rings. The number of nitrogens with zero attached hydrogens (tertiary/aromatic N) is 3. The van der Waals surface area contributed by atoms with Gasteiger partial charge in [-0.2, -0.15) is 5.10 Å². The van der Waals surface area contributed by atoms with E-state index >= 15 is 0 Å². The predicted octanol–water partition coefficient (Wildman–Crippen LogP) is 2.85. The van der Waals surface area contributed by atoms with E-state index in [4.69, 9.17) is 0 Å². The summed E-state index contributed by atoms with van der Waals surface area (Å²) >= 11 is 0. The maximum absolute atomic E-state index is 12.4. The van der Waals surface area contributed by atoms with Gasteiger partial charge in [-0.1, -0.05) is 0 Å².